The second-order valence-electron chi connectivity index (χ2n) is 13.1. The van der Waals surface area contributed by atoms with E-state index in [2.05, 4.69) is 20.7 Å². The molecule has 3 aliphatic carbocycles. The molecule has 4 heterocycles. The minimum absolute atomic E-state index is 0.0395. The highest BCUT2D eigenvalue weighted by molar-refractivity contribution is 5.56. The van der Waals surface area contributed by atoms with Crippen molar-refractivity contribution in [2.24, 2.45) is 23.2 Å². The summed E-state index contributed by atoms with van der Waals surface area (Å²) in [6, 6.07) is 0.725. The van der Waals surface area contributed by atoms with Crippen molar-refractivity contribution in [2.45, 2.75) is 82.5 Å². The molecule has 3 saturated carbocycles. The third-order valence-electron chi connectivity index (χ3n) is 10.3. The summed E-state index contributed by atoms with van der Waals surface area (Å²) in [6.07, 6.45) is 4.25. The van der Waals surface area contributed by atoms with Crippen molar-refractivity contribution in [2.75, 3.05) is 26.8 Å². The van der Waals surface area contributed by atoms with Gasteiger partial charge in [0.25, 0.3) is 0 Å². The Bertz CT molecular complexity index is 1290. The van der Waals surface area contributed by atoms with Gasteiger partial charge in [-0.3, -0.25) is 18.8 Å². The molecule has 39 heavy (non-hydrogen) atoms. The predicted molar refractivity (Wildman–Crippen MR) is 138 cm³/mol. The second-order valence-corrected chi connectivity index (χ2v) is 13.1. The lowest BCUT2D eigenvalue weighted by Crippen LogP contribution is -2.51. The van der Waals surface area contributed by atoms with Crippen LogP contribution in [0.15, 0.2) is 23.3 Å². The van der Waals surface area contributed by atoms with E-state index in [1.807, 2.05) is 7.05 Å². The third-order valence-corrected chi connectivity index (χ3v) is 10.3. The summed E-state index contributed by atoms with van der Waals surface area (Å²) < 4.78 is 60.5. The molecule has 2 saturated heterocycles. The molecule has 7 nitrogen and oxygen atoms in total. The van der Waals surface area contributed by atoms with Crippen LogP contribution >= 0.6 is 0 Å². The van der Waals surface area contributed by atoms with E-state index in [0.717, 1.165) is 30.3 Å². The fourth-order valence-corrected chi connectivity index (χ4v) is 8.01. The van der Waals surface area contributed by atoms with E-state index in [0.29, 0.717) is 43.0 Å². The summed E-state index contributed by atoms with van der Waals surface area (Å²) in [4.78, 5) is 18.0. The fraction of sp³-hybridized carbons (Fsp3) is 0.750. The maximum absolute atomic E-state index is 15.3. The molecule has 0 aromatic carbocycles. The maximum atomic E-state index is 15.3. The average Bonchev–Trinajstić information content (AvgIpc) is 3.40. The first kappa shape index (κ1) is 26.0. The molecule has 0 radical (unpaired) electrons. The molecule has 11 heteroatoms. The Hall–Kier alpha value is -1.95. The Balaban J connectivity index is 1.21. The minimum Gasteiger partial charge on any atom is -0.298 e. The van der Waals surface area contributed by atoms with Gasteiger partial charge in [0.2, 0.25) is 0 Å². The molecule has 5 fully saturated rings. The number of nitrogens with one attached hydrogen (secondary N) is 2. The maximum Gasteiger partial charge on any atom is 0.418 e. The number of likely N-dealkylation sites (tertiary alicyclic amines) is 1. The van der Waals surface area contributed by atoms with Gasteiger partial charge >= 0.3 is 11.9 Å². The SMILES string of the molecule is CN1CNNC1[C@H](C1CCC1)C1CC(F)CC(n2cc3c(C(F)(F)F)cc(CN4CC5(CC5)C4)cn3c2=O)C1. The van der Waals surface area contributed by atoms with Gasteiger partial charge in [-0.25, -0.2) is 20.0 Å². The number of hydrogen-bond acceptors (Lipinski definition) is 5. The minimum atomic E-state index is -4.59. The summed E-state index contributed by atoms with van der Waals surface area (Å²) in [7, 11) is 2.04. The van der Waals surface area contributed by atoms with Gasteiger partial charge in [-0.05, 0) is 74.0 Å². The summed E-state index contributed by atoms with van der Waals surface area (Å²) in [6.45, 7) is 2.92. The molecule has 5 atom stereocenters. The van der Waals surface area contributed by atoms with Crippen molar-refractivity contribution in [1.29, 1.82) is 0 Å². The Morgan fingerprint density at radius 2 is 1.87 bits per heavy atom. The number of hydrazine groups is 1. The number of imidazole rings is 1. The molecule has 2 N–H and O–H groups in total. The summed E-state index contributed by atoms with van der Waals surface area (Å²) >= 11 is 0. The first-order valence-electron chi connectivity index (χ1n) is 14.5. The van der Waals surface area contributed by atoms with Gasteiger partial charge in [-0.2, -0.15) is 13.2 Å². The molecule has 2 aromatic heterocycles. The number of pyridine rings is 1. The van der Waals surface area contributed by atoms with E-state index in [1.165, 1.54) is 36.1 Å². The van der Waals surface area contributed by atoms with Crippen molar-refractivity contribution >= 4 is 5.52 Å². The number of nitrogens with zero attached hydrogens (tertiary/aromatic N) is 4. The zero-order chi connectivity index (χ0) is 27.1. The first-order chi connectivity index (χ1) is 18.6. The van der Waals surface area contributed by atoms with Crippen LogP contribution in [0, 0.1) is 23.2 Å². The fourth-order valence-electron chi connectivity index (χ4n) is 8.01. The summed E-state index contributed by atoms with van der Waals surface area (Å²) in [5, 5.41) is 0. The van der Waals surface area contributed by atoms with E-state index in [1.54, 1.807) is 6.20 Å². The smallest absolute Gasteiger partial charge is 0.298 e. The van der Waals surface area contributed by atoms with Crippen LogP contribution in [0.2, 0.25) is 0 Å². The molecule has 5 aliphatic rings. The molecule has 7 rings (SSSR count). The molecule has 0 amide bonds. The van der Waals surface area contributed by atoms with Crippen LogP contribution in [0.4, 0.5) is 17.6 Å². The van der Waals surface area contributed by atoms with E-state index in [4.69, 9.17) is 0 Å². The van der Waals surface area contributed by atoms with Crippen LogP contribution in [0.1, 0.15) is 68.5 Å². The number of fused-ring (bicyclic) bond motifs is 1. The lowest BCUT2D eigenvalue weighted by atomic mass is 9.64. The van der Waals surface area contributed by atoms with Gasteiger partial charge in [0, 0.05) is 38.1 Å². The van der Waals surface area contributed by atoms with Crippen LogP contribution in [-0.2, 0) is 12.7 Å². The molecule has 214 valence electrons. The van der Waals surface area contributed by atoms with Crippen molar-refractivity contribution < 1.29 is 17.6 Å². The van der Waals surface area contributed by atoms with Crippen LogP contribution in [0.3, 0.4) is 0 Å². The Labute approximate surface area is 225 Å². The largest absolute Gasteiger partial charge is 0.418 e. The number of halogens is 4. The zero-order valence-corrected chi connectivity index (χ0v) is 22.4. The molecule has 4 unspecified atom stereocenters. The molecule has 2 aliphatic heterocycles. The van der Waals surface area contributed by atoms with Gasteiger partial charge in [0.05, 0.1) is 23.9 Å². The highest BCUT2D eigenvalue weighted by atomic mass is 19.4. The van der Waals surface area contributed by atoms with Gasteiger partial charge in [0.1, 0.15) is 6.17 Å². The highest BCUT2D eigenvalue weighted by Crippen LogP contribution is 2.53. The first-order valence-corrected chi connectivity index (χ1v) is 14.5. The zero-order valence-electron chi connectivity index (χ0n) is 22.4. The normalized spacial score (nSPS) is 32.4. The van der Waals surface area contributed by atoms with E-state index in [9.17, 15) is 18.0 Å². The van der Waals surface area contributed by atoms with Crippen molar-refractivity contribution in [1.82, 2.24) is 29.6 Å². The number of aromatic nitrogens is 2. The summed E-state index contributed by atoms with van der Waals surface area (Å²) in [5.41, 5.74) is 6.01. The topological polar surface area (TPSA) is 56.9 Å². The summed E-state index contributed by atoms with van der Waals surface area (Å²) in [5.74, 6) is 0.745. The predicted octanol–water partition coefficient (Wildman–Crippen LogP) is 4.13. The standard InChI is InChI=1S/C28H38F4N6O/c1-35-16-33-34-25(35)24(18-3-2-4-18)19-8-20(29)10-21(9-19)37-13-23-22(28(30,31)32)7-17(12-38(23)26(37)39)11-36-14-27(15-36)5-6-27/h7,12-13,18-21,24-25,33-34H,2-6,8-11,14-16H2,1H3/t19?,20?,21?,24-,25?/m1/s1. The Morgan fingerprint density at radius 3 is 2.49 bits per heavy atom. The Morgan fingerprint density at radius 1 is 1.10 bits per heavy atom. The highest BCUT2D eigenvalue weighted by Gasteiger charge is 2.52. The van der Waals surface area contributed by atoms with Crippen LogP contribution in [0.5, 0.6) is 0 Å². The Kier molecular flexibility index (Phi) is 6.19. The van der Waals surface area contributed by atoms with Crippen LogP contribution in [-0.4, -0.2) is 57.9 Å². The molecular formula is C28H38F4N6O. The van der Waals surface area contributed by atoms with E-state index >= 15 is 4.39 Å². The van der Waals surface area contributed by atoms with Gasteiger partial charge in [-0.1, -0.05) is 19.3 Å². The number of alkyl halides is 4. The van der Waals surface area contributed by atoms with E-state index in [-0.39, 0.29) is 29.9 Å². The van der Waals surface area contributed by atoms with Crippen molar-refractivity contribution in [3.05, 3.63) is 40.1 Å². The lowest BCUT2D eigenvalue weighted by molar-refractivity contribution is -0.136. The monoisotopic (exact) mass is 550 g/mol. The molecule has 2 aromatic rings. The molecule has 1 spiro atoms. The van der Waals surface area contributed by atoms with Crippen molar-refractivity contribution in [3.8, 4) is 0 Å². The second kappa shape index (κ2) is 9.29. The number of rotatable bonds is 6. The van der Waals surface area contributed by atoms with Crippen LogP contribution < -0.4 is 16.5 Å². The molecule has 0 bridgehead atoms. The van der Waals surface area contributed by atoms with E-state index < -0.39 is 29.6 Å². The van der Waals surface area contributed by atoms with Crippen LogP contribution in [0.25, 0.3) is 5.52 Å². The average molecular weight is 551 g/mol. The number of hydrogen-bond donors (Lipinski definition) is 2. The third kappa shape index (κ3) is 4.63. The van der Waals surface area contributed by atoms with Gasteiger partial charge in [-0.15, -0.1) is 0 Å². The quantitative estimate of drug-likeness (QED) is 0.530. The molecular weight excluding hydrogens is 512 g/mol. The van der Waals surface area contributed by atoms with Gasteiger partial charge in [0.15, 0.2) is 0 Å². The van der Waals surface area contributed by atoms with Crippen molar-refractivity contribution in [3.63, 3.8) is 0 Å². The van der Waals surface area contributed by atoms with Gasteiger partial charge < -0.3 is 0 Å². The lowest BCUT2D eigenvalue weighted by Gasteiger charge is -2.46.